The number of nitrogens with zero attached hydrogens (tertiary/aromatic N) is 2. The molecule has 0 heterocycles. The summed E-state index contributed by atoms with van der Waals surface area (Å²) in [6, 6.07) is 7.66. The maximum atomic E-state index is 12.0. The Hall–Kier alpha value is -2.48. The van der Waals surface area contributed by atoms with Crippen molar-refractivity contribution in [2.45, 2.75) is 32.8 Å². The summed E-state index contributed by atoms with van der Waals surface area (Å²) in [6.45, 7) is 7.82. The van der Waals surface area contributed by atoms with Gasteiger partial charge in [-0.25, -0.2) is 4.79 Å². The molecule has 1 aromatic rings. The van der Waals surface area contributed by atoms with Gasteiger partial charge in [0, 0.05) is 59.1 Å². The molecule has 1 rings (SSSR count). The molecule has 0 aliphatic rings. The van der Waals surface area contributed by atoms with Crippen LogP contribution in [0.4, 0.5) is 10.5 Å². The van der Waals surface area contributed by atoms with Gasteiger partial charge >= 0.3 is 6.09 Å². The van der Waals surface area contributed by atoms with Gasteiger partial charge in [0.25, 0.3) is 0 Å². The highest BCUT2D eigenvalue weighted by Gasteiger charge is 2.19. The van der Waals surface area contributed by atoms with E-state index >= 15 is 0 Å². The van der Waals surface area contributed by atoms with Crippen molar-refractivity contribution >= 4 is 17.7 Å². The summed E-state index contributed by atoms with van der Waals surface area (Å²) in [7, 11) is 5.07. The fraction of sp³-hybridized carbons (Fsp3) is 0.600. The second kappa shape index (κ2) is 12.1. The molecule has 0 atom stereocenters. The molecule has 0 fully saturated rings. The molecule has 0 spiro atoms. The van der Waals surface area contributed by atoms with Crippen LogP contribution >= 0.6 is 0 Å². The lowest BCUT2D eigenvalue weighted by molar-refractivity contribution is 0.0302. The molecule has 0 aromatic heterocycles. The number of aliphatic imine (C=N–C) groups is 1. The molecule has 0 aliphatic heterocycles. The van der Waals surface area contributed by atoms with Gasteiger partial charge in [-0.05, 0) is 32.9 Å². The topological polar surface area (TPSA) is 84.4 Å². The Labute approximate surface area is 168 Å². The lowest BCUT2D eigenvalue weighted by Gasteiger charge is -2.25. The van der Waals surface area contributed by atoms with E-state index in [1.54, 1.807) is 21.2 Å². The van der Waals surface area contributed by atoms with Gasteiger partial charge in [-0.3, -0.25) is 4.99 Å². The van der Waals surface area contributed by atoms with Gasteiger partial charge in [-0.2, -0.15) is 0 Å². The molecule has 0 radical (unpaired) electrons. The quantitative estimate of drug-likeness (QED) is 0.381. The Morgan fingerprint density at radius 1 is 1.25 bits per heavy atom. The SMILES string of the molecule is CN=C(NCCN(C)C(=O)OC(C)(C)C)Nc1cccc(OCCCOC)c1. The van der Waals surface area contributed by atoms with Crippen LogP contribution < -0.4 is 15.4 Å². The van der Waals surface area contributed by atoms with Crippen molar-refractivity contribution in [1.29, 1.82) is 0 Å². The summed E-state index contributed by atoms with van der Waals surface area (Å²) in [5, 5.41) is 6.39. The summed E-state index contributed by atoms with van der Waals surface area (Å²) in [6.07, 6.45) is 0.485. The smallest absolute Gasteiger partial charge is 0.410 e. The van der Waals surface area contributed by atoms with Crippen molar-refractivity contribution < 1.29 is 19.0 Å². The molecule has 1 amide bonds. The molecule has 1 aromatic carbocycles. The Kier molecular flexibility index (Phi) is 10.2. The summed E-state index contributed by atoms with van der Waals surface area (Å²) >= 11 is 0. The zero-order chi connectivity index (χ0) is 21.0. The molecule has 8 heteroatoms. The van der Waals surface area contributed by atoms with E-state index in [9.17, 15) is 4.79 Å². The second-order valence-electron chi connectivity index (χ2n) is 7.25. The molecule has 8 nitrogen and oxygen atoms in total. The van der Waals surface area contributed by atoms with Crippen molar-refractivity contribution in [1.82, 2.24) is 10.2 Å². The van der Waals surface area contributed by atoms with Crippen LogP contribution in [-0.2, 0) is 9.47 Å². The van der Waals surface area contributed by atoms with E-state index in [4.69, 9.17) is 14.2 Å². The van der Waals surface area contributed by atoms with Crippen LogP contribution in [0.15, 0.2) is 29.3 Å². The number of hydrogen-bond acceptors (Lipinski definition) is 5. The van der Waals surface area contributed by atoms with Crippen molar-refractivity contribution in [2.75, 3.05) is 52.8 Å². The minimum Gasteiger partial charge on any atom is -0.493 e. The molecule has 0 aliphatic carbocycles. The van der Waals surface area contributed by atoms with E-state index in [2.05, 4.69) is 15.6 Å². The molecule has 0 unspecified atom stereocenters. The van der Waals surface area contributed by atoms with Crippen molar-refractivity contribution in [3.8, 4) is 5.75 Å². The molecule has 0 saturated carbocycles. The van der Waals surface area contributed by atoms with E-state index in [0.717, 1.165) is 17.9 Å². The Morgan fingerprint density at radius 3 is 2.64 bits per heavy atom. The lowest BCUT2D eigenvalue weighted by atomic mass is 10.2. The minimum absolute atomic E-state index is 0.351. The average Bonchev–Trinajstić information content (AvgIpc) is 2.63. The van der Waals surface area contributed by atoms with Gasteiger partial charge in [-0.15, -0.1) is 0 Å². The number of likely N-dealkylation sites (N-methyl/N-ethyl adjacent to an activating group) is 1. The van der Waals surface area contributed by atoms with Gasteiger partial charge in [-0.1, -0.05) is 6.07 Å². The van der Waals surface area contributed by atoms with Gasteiger partial charge < -0.3 is 29.7 Å². The number of carbonyl (C=O) groups is 1. The highest BCUT2D eigenvalue weighted by molar-refractivity contribution is 5.93. The van der Waals surface area contributed by atoms with E-state index in [1.807, 2.05) is 45.0 Å². The maximum Gasteiger partial charge on any atom is 0.410 e. The van der Waals surface area contributed by atoms with Crippen LogP contribution in [0.3, 0.4) is 0 Å². The zero-order valence-corrected chi connectivity index (χ0v) is 17.9. The predicted molar refractivity (Wildman–Crippen MR) is 112 cm³/mol. The van der Waals surface area contributed by atoms with Crippen LogP contribution in [0.1, 0.15) is 27.2 Å². The van der Waals surface area contributed by atoms with Crippen molar-refractivity contribution in [2.24, 2.45) is 4.99 Å². The van der Waals surface area contributed by atoms with Crippen molar-refractivity contribution in [3.63, 3.8) is 0 Å². The second-order valence-corrected chi connectivity index (χ2v) is 7.25. The normalized spacial score (nSPS) is 11.7. The number of methoxy groups -OCH3 is 1. The third-order valence-corrected chi connectivity index (χ3v) is 3.53. The molecule has 0 bridgehead atoms. The fourth-order valence-electron chi connectivity index (χ4n) is 2.15. The Balaban J connectivity index is 2.45. The fourth-order valence-corrected chi connectivity index (χ4v) is 2.15. The van der Waals surface area contributed by atoms with Gasteiger partial charge in [0.2, 0.25) is 0 Å². The van der Waals surface area contributed by atoms with Gasteiger partial charge in [0.1, 0.15) is 11.4 Å². The molecular formula is C20H34N4O4. The number of benzene rings is 1. The molecule has 28 heavy (non-hydrogen) atoms. The third kappa shape index (κ3) is 10.0. The van der Waals surface area contributed by atoms with Gasteiger partial charge in [0.15, 0.2) is 5.96 Å². The monoisotopic (exact) mass is 394 g/mol. The van der Waals surface area contributed by atoms with E-state index in [-0.39, 0.29) is 6.09 Å². The number of ether oxygens (including phenoxy) is 3. The number of anilines is 1. The third-order valence-electron chi connectivity index (χ3n) is 3.53. The standard InChI is InChI=1S/C20H34N4O4/c1-20(2,3)28-19(25)24(5)12-11-22-18(21-4)23-16-9-7-10-17(15-16)27-14-8-13-26-6/h7,9-10,15H,8,11-14H2,1-6H3,(H2,21,22,23). The number of guanidine groups is 1. The van der Waals surface area contributed by atoms with E-state index in [1.165, 1.54) is 4.90 Å². The molecule has 2 N–H and O–H groups in total. The first kappa shape index (κ1) is 23.6. The molecule has 158 valence electrons. The summed E-state index contributed by atoms with van der Waals surface area (Å²) in [5.74, 6) is 1.38. The van der Waals surface area contributed by atoms with E-state index < -0.39 is 5.60 Å². The first-order valence-corrected chi connectivity index (χ1v) is 9.38. The van der Waals surface area contributed by atoms with E-state index in [0.29, 0.717) is 32.3 Å². The Bertz CT molecular complexity index is 629. The lowest BCUT2D eigenvalue weighted by Crippen LogP contribution is -2.40. The van der Waals surface area contributed by atoms with Crippen LogP contribution in [0.25, 0.3) is 0 Å². The summed E-state index contributed by atoms with van der Waals surface area (Å²) < 4.78 is 16.1. The number of hydrogen-bond donors (Lipinski definition) is 2. The van der Waals surface area contributed by atoms with Crippen LogP contribution in [-0.4, -0.2) is 70.1 Å². The first-order valence-electron chi connectivity index (χ1n) is 9.38. The number of amides is 1. The van der Waals surface area contributed by atoms with Gasteiger partial charge in [0.05, 0.1) is 6.61 Å². The highest BCUT2D eigenvalue weighted by atomic mass is 16.6. The minimum atomic E-state index is -0.507. The number of rotatable bonds is 9. The zero-order valence-electron chi connectivity index (χ0n) is 17.9. The predicted octanol–water partition coefficient (Wildman–Crippen LogP) is 2.96. The van der Waals surface area contributed by atoms with Crippen LogP contribution in [0.5, 0.6) is 5.75 Å². The molecular weight excluding hydrogens is 360 g/mol. The number of nitrogens with one attached hydrogen (secondary N) is 2. The summed E-state index contributed by atoms with van der Waals surface area (Å²) in [4.78, 5) is 17.7. The largest absolute Gasteiger partial charge is 0.493 e. The Morgan fingerprint density at radius 2 is 2.00 bits per heavy atom. The maximum absolute atomic E-state index is 12.0. The molecule has 0 saturated heterocycles. The van der Waals surface area contributed by atoms with Crippen molar-refractivity contribution in [3.05, 3.63) is 24.3 Å². The average molecular weight is 395 g/mol. The summed E-state index contributed by atoms with van der Waals surface area (Å²) in [5.41, 5.74) is 0.352. The van der Waals surface area contributed by atoms with Crippen LogP contribution in [0, 0.1) is 0 Å². The first-order chi connectivity index (χ1) is 13.2. The van der Waals surface area contributed by atoms with Crippen LogP contribution in [0.2, 0.25) is 0 Å². The highest BCUT2D eigenvalue weighted by Crippen LogP contribution is 2.17. The number of carbonyl (C=O) groups excluding carboxylic acids is 1.